The van der Waals surface area contributed by atoms with Crippen LogP contribution in [0.2, 0.25) is 5.15 Å². The third-order valence-electron chi connectivity index (χ3n) is 3.19. The van der Waals surface area contributed by atoms with Crippen LogP contribution in [0.4, 0.5) is 0 Å². The standard InChI is InChI=1S/C16H10Cl2N2O2/c1-22-11-4-2-3-9(7-11)14-15(17)20-12-6-5-10(16(18)21)8-13(12)19-14/h2-8H,1H3. The highest BCUT2D eigenvalue weighted by atomic mass is 35.5. The van der Waals surface area contributed by atoms with Crippen molar-refractivity contribution >= 4 is 39.5 Å². The number of nitrogens with zero attached hydrogens (tertiary/aromatic N) is 2. The zero-order chi connectivity index (χ0) is 15.7. The van der Waals surface area contributed by atoms with Gasteiger partial charge in [-0.25, -0.2) is 9.97 Å². The first-order chi connectivity index (χ1) is 10.6. The molecule has 0 unspecified atom stereocenters. The van der Waals surface area contributed by atoms with Gasteiger partial charge in [-0.1, -0.05) is 23.7 Å². The van der Waals surface area contributed by atoms with E-state index in [0.29, 0.717) is 28.0 Å². The number of benzene rings is 2. The van der Waals surface area contributed by atoms with E-state index in [9.17, 15) is 4.79 Å². The molecule has 0 aliphatic heterocycles. The molecule has 2 aromatic carbocycles. The molecule has 110 valence electrons. The fraction of sp³-hybridized carbons (Fsp3) is 0.0625. The first-order valence-electron chi connectivity index (χ1n) is 6.40. The molecule has 1 aromatic heterocycles. The van der Waals surface area contributed by atoms with Crippen molar-refractivity contribution in [2.24, 2.45) is 0 Å². The van der Waals surface area contributed by atoms with E-state index >= 15 is 0 Å². The normalized spacial score (nSPS) is 10.7. The van der Waals surface area contributed by atoms with Crippen LogP contribution in [-0.4, -0.2) is 22.3 Å². The Morgan fingerprint density at radius 1 is 1.09 bits per heavy atom. The van der Waals surface area contributed by atoms with Gasteiger partial charge < -0.3 is 4.74 Å². The summed E-state index contributed by atoms with van der Waals surface area (Å²) in [5.74, 6) is 0.695. The zero-order valence-electron chi connectivity index (χ0n) is 11.5. The predicted molar refractivity (Wildman–Crippen MR) is 86.7 cm³/mol. The van der Waals surface area contributed by atoms with Crippen molar-refractivity contribution in [1.29, 1.82) is 0 Å². The molecule has 3 rings (SSSR count). The summed E-state index contributed by atoms with van der Waals surface area (Å²) in [6.45, 7) is 0. The van der Waals surface area contributed by atoms with Crippen LogP contribution in [0.5, 0.6) is 5.75 Å². The molecule has 0 N–H and O–H groups in total. The molecular formula is C16H10Cl2N2O2. The monoisotopic (exact) mass is 332 g/mol. The summed E-state index contributed by atoms with van der Waals surface area (Å²) in [7, 11) is 1.59. The Labute approximate surface area is 136 Å². The molecule has 0 aliphatic carbocycles. The number of methoxy groups -OCH3 is 1. The minimum Gasteiger partial charge on any atom is -0.497 e. The minimum absolute atomic E-state index is 0.283. The Balaban J connectivity index is 2.20. The summed E-state index contributed by atoms with van der Waals surface area (Å²) >= 11 is 11.7. The summed E-state index contributed by atoms with van der Waals surface area (Å²) in [4.78, 5) is 20.1. The number of fused-ring (bicyclic) bond motifs is 1. The topological polar surface area (TPSA) is 52.1 Å². The lowest BCUT2D eigenvalue weighted by Gasteiger charge is -2.07. The Morgan fingerprint density at radius 3 is 2.64 bits per heavy atom. The van der Waals surface area contributed by atoms with Crippen molar-refractivity contribution in [2.45, 2.75) is 0 Å². The highest BCUT2D eigenvalue weighted by Gasteiger charge is 2.12. The number of rotatable bonds is 3. The summed E-state index contributed by atoms with van der Waals surface area (Å²) in [6.07, 6.45) is 0. The van der Waals surface area contributed by atoms with Crippen LogP contribution in [-0.2, 0) is 0 Å². The fourth-order valence-electron chi connectivity index (χ4n) is 2.11. The predicted octanol–water partition coefficient (Wildman–Crippen LogP) is 4.34. The van der Waals surface area contributed by atoms with Crippen LogP contribution in [0, 0.1) is 0 Å². The van der Waals surface area contributed by atoms with Gasteiger partial charge in [-0.2, -0.15) is 0 Å². The zero-order valence-corrected chi connectivity index (χ0v) is 13.0. The van der Waals surface area contributed by atoms with Crippen molar-refractivity contribution in [2.75, 3.05) is 7.11 Å². The van der Waals surface area contributed by atoms with Crippen LogP contribution in [0.25, 0.3) is 22.3 Å². The van der Waals surface area contributed by atoms with Crippen LogP contribution in [0.15, 0.2) is 42.5 Å². The van der Waals surface area contributed by atoms with E-state index in [0.717, 1.165) is 5.56 Å². The van der Waals surface area contributed by atoms with Gasteiger partial charge in [0.2, 0.25) is 0 Å². The number of halogens is 2. The smallest absolute Gasteiger partial charge is 0.252 e. The van der Waals surface area contributed by atoms with Gasteiger partial charge in [0.05, 0.1) is 18.1 Å². The minimum atomic E-state index is -0.540. The second kappa shape index (κ2) is 5.91. The average molecular weight is 333 g/mol. The summed E-state index contributed by atoms with van der Waals surface area (Å²) < 4.78 is 5.20. The molecule has 0 saturated carbocycles. The molecule has 22 heavy (non-hydrogen) atoms. The Hall–Kier alpha value is -2.17. The second-order valence-electron chi connectivity index (χ2n) is 4.57. The van der Waals surface area contributed by atoms with Crippen molar-refractivity contribution in [3.8, 4) is 17.0 Å². The lowest BCUT2D eigenvalue weighted by Crippen LogP contribution is -1.95. The third-order valence-corrected chi connectivity index (χ3v) is 3.67. The van der Waals surface area contributed by atoms with Gasteiger partial charge in [0.1, 0.15) is 11.4 Å². The third kappa shape index (κ3) is 2.75. The highest BCUT2D eigenvalue weighted by Crippen LogP contribution is 2.29. The summed E-state index contributed by atoms with van der Waals surface area (Å²) in [6, 6.07) is 12.2. The maximum Gasteiger partial charge on any atom is 0.252 e. The van der Waals surface area contributed by atoms with Gasteiger partial charge in [-0.3, -0.25) is 4.79 Å². The van der Waals surface area contributed by atoms with Crippen molar-refractivity contribution < 1.29 is 9.53 Å². The van der Waals surface area contributed by atoms with Crippen LogP contribution in [0.1, 0.15) is 10.4 Å². The quantitative estimate of drug-likeness (QED) is 0.669. The Kier molecular flexibility index (Phi) is 3.96. The van der Waals surface area contributed by atoms with Gasteiger partial charge in [0, 0.05) is 11.1 Å². The summed E-state index contributed by atoms with van der Waals surface area (Å²) in [5.41, 5.74) is 2.81. The number of carbonyl (C=O) groups is 1. The molecular weight excluding hydrogens is 323 g/mol. The first-order valence-corrected chi connectivity index (χ1v) is 7.15. The van der Waals surface area contributed by atoms with Gasteiger partial charge >= 0.3 is 0 Å². The van der Waals surface area contributed by atoms with Crippen LogP contribution < -0.4 is 4.74 Å². The molecule has 1 heterocycles. The molecule has 0 amide bonds. The van der Waals surface area contributed by atoms with E-state index in [1.807, 2.05) is 24.3 Å². The molecule has 0 atom stereocenters. The largest absolute Gasteiger partial charge is 0.497 e. The van der Waals surface area contributed by atoms with E-state index < -0.39 is 5.24 Å². The van der Waals surface area contributed by atoms with Gasteiger partial charge in [0.25, 0.3) is 5.24 Å². The Bertz CT molecular complexity index is 881. The van der Waals surface area contributed by atoms with Crippen molar-refractivity contribution in [1.82, 2.24) is 9.97 Å². The molecule has 6 heteroatoms. The lowest BCUT2D eigenvalue weighted by atomic mass is 10.1. The van der Waals surface area contributed by atoms with E-state index in [1.54, 1.807) is 25.3 Å². The maximum absolute atomic E-state index is 11.3. The molecule has 3 aromatic rings. The SMILES string of the molecule is COc1cccc(-c2nc3cc(C(=O)Cl)ccc3nc2Cl)c1. The number of hydrogen-bond acceptors (Lipinski definition) is 4. The fourth-order valence-corrected chi connectivity index (χ4v) is 2.47. The molecule has 0 fully saturated rings. The molecule has 0 bridgehead atoms. The van der Waals surface area contributed by atoms with Crippen molar-refractivity contribution in [3.63, 3.8) is 0 Å². The van der Waals surface area contributed by atoms with Crippen LogP contribution in [0.3, 0.4) is 0 Å². The molecule has 0 aliphatic rings. The first kappa shape index (κ1) is 14.8. The van der Waals surface area contributed by atoms with Gasteiger partial charge in [-0.15, -0.1) is 0 Å². The van der Waals surface area contributed by atoms with Gasteiger partial charge in [0.15, 0.2) is 5.15 Å². The van der Waals surface area contributed by atoms with Crippen LogP contribution >= 0.6 is 23.2 Å². The number of ether oxygens (including phenoxy) is 1. The Morgan fingerprint density at radius 2 is 1.91 bits per heavy atom. The molecule has 0 saturated heterocycles. The molecule has 4 nitrogen and oxygen atoms in total. The van der Waals surface area contributed by atoms with Gasteiger partial charge in [-0.05, 0) is 41.9 Å². The number of carbonyl (C=O) groups excluding carboxylic acids is 1. The maximum atomic E-state index is 11.3. The van der Waals surface area contributed by atoms with E-state index in [-0.39, 0.29) is 5.15 Å². The van der Waals surface area contributed by atoms with Crippen molar-refractivity contribution in [3.05, 3.63) is 53.2 Å². The molecule has 0 radical (unpaired) electrons. The number of aromatic nitrogens is 2. The molecule has 0 spiro atoms. The highest BCUT2D eigenvalue weighted by molar-refractivity contribution is 6.67. The van der Waals surface area contributed by atoms with E-state index in [2.05, 4.69) is 9.97 Å². The lowest BCUT2D eigenvalue weighted by molar-refractivity contribution is 0.108. The second-order valence-corrected chi connectivity index (χ2v) is 5.27. The van der Waals surface area contributed by atoms with E-state index in [1.165, 1.54) is 0 Å². The average Bonchev–Trinajstić information content (AvgIpc) is 2.53. The summed E-state index contributed by atoms with van der Waals surface area (Å²) in [5, 5.41) is -0.257. The number of hydrogen-bond donors (Lipinski definition) is 0. The van der Waals surface area contributed by atoms with E-state index in [4.69, 9.17) is 27.9 Å².